The zero-order chi connectivity index (χ0) is 48.2. The molecule has 0 spiro atoms. The summed E-state index contributed by atoms with van der Waals surface area (Å²) < 4.78 is 221. The second-order valence-corrected chi connectivity index (χ2v) is 20.2. The molecule has 0 aliphatic rings. The van der Waals surface area contributed by atoms with Crippen molar-refractivity contribution < 1.29 is 69.5 Å². The van der Waals surface area contributed by atoms with E-state index in [-0.39, 0.29) is 75.9 Å². The molecule has 2 N–H and O–H groups in total. The number of hydrogen-bond acceptors (Lipinski definition) is 4. The Hall–Kier alpha value is -4.46. The van der Waals surface area contributed by atoms with Crippen molar-refractivity contribution in [1.82, 2.24) is 0 Å². The van der Waals surface area contributed by atoms with Gasteiger partial charge in [-0.1, -0.05) is 72.7 Å². The van der Waals surface area contributed by atoms with Crippen LogP contribution in [0.2, 0.25) is 0 Å². The fraction of sp³-hybridized carbons (Fsp3) is 0.442. The molecule has 1 atom stereocenters. The molecule has 4 aromatic rings. The summed E-state index contributed by atoms with van der Waals surface area (Å²) in [5.41, 5.74) is -5.91. The zero-order valence-electron chi connectivity index (χ0n) is 35.4. The van der Waals surface area contributed by atoms with Gasteiger partial charge >= 0.3 is 24.7 Å². The van der Waals surface area contributed by atoms with E-state index in [0.29, 0.717) is 29.5 Å². The molecule has 0 bridgehead atoms. The molecule has 0 saturated heterocycles. The largest absolute Gasteiger partial charge is 0.416 e. The van der Waals surface area contributed by atoms with Crippen molar-refractivity contribution in [2.75, 3.05) is 9.44 Å². The van der Waals surface area contributed by atoms with E-state index in [9.17, 15) is 69.5 Å². The summed E-state index contributed by atoms with van der Waals surface area (Å²) in [5, 5.41) is 0. The minimum absolute atomic E-state index is 0.0200. The third-order valence-corrected chi connectivity index (χ3v) is 13.7. The fourth-order valence-corrected chi connectivity index (χ4v) is 9.86. The van der Waals surface area contributed by atoms with E-state index in [1.165, 1.54) is 13.8 Å². The van der Waals surface area contributed by atoms with E-state index < -0.39 is 83.0 Å². The first-order valence-corrected chi connectivity index (χ1v) is 22.3. The predicted molar refractivity (Wildman–Crippen MR) is 216 cm³/mol. The third kappa shape index (κ3) is 12.0. The molecule has 348 valence electrons. The van der Waals surface area contributed by atoms with E-state index in [2.05, 4.69) is 4.72 Å². The van der Waals surface area contributed by atoms with Gasteiger partial charge in [-0.3, -0.25) is 9.44 Å². The highest BCUT2D eigenvalue weighted by molar-refractivity contribution is 7.93. The van der Waals surface area contributed by atoms with Crippen LogP contribution in [0, 0.1) is 13.8 Å². The first-order chi connectivity index (χ1) is 28.3. The molecular weight excluding hydrogens is 901 g/mol. The molecule has 0 aliphatic heterocycles. The minimum Gasteiger partial charge on any atom is -0.280 e. The summed E-state index contributed by atoms with van der Waals surface area (Å²) in [6, 6.07) is 7.12. The van der Waals surface area contributed by atoms with Crippen LogP contribution in [0.25, 0.3) is 0 Å². The maximum absolute atomic E-state index is 13.6. The first kappa shape index (κ1) is 51.2. The highest BCUT2D eigenvalue weighted by Crippen LogP contribution is 2.43. The molecule has 63 heavy (non-hydrogen) atoms. The number of aryl methyl sites for hydroxylation is 2. The van der Waals surface area contributed by atoms with Gasteiger partial charge in [-0.15, -0.1) is 0 Å². The second-order valence-electron chi connectivity index (χ2n) is 16.9. The number of nitrogens with one attached hydrogen (secondary N) is 2. The van der Waals surface area contributed by atoms with Gasteiger partial charge < -0.3 is 0 Å². The van der Waals surface area contributed by atoms with Crippen molar-refractivity contribution in [3.05, 3.63) is 116 Å². The van der Waals surface area contributed by atoms with E-state index in [4.69, 9.17) is 0 Å². The van der Waals surface area contributed by atoms with Crippen molar-refractivity contribution in [2.45, 2.75) is 133 Å². The topological polar surface area (TPSA) is 92.3 Å². The molecular formula is C43H46F12N2O4S2. The lowest BCUT2D eigenvalue weighted by molar-refractivity contribution is -0.144. The lowest BCUT2D eigenvalue weighted by atomic mass is 9.76. The summed E-state index contributed by atoms with van der Waals surface area (Å²) >= 11 is 0. The molecule has 4 aromatic carbocycles. The molecule has 4 rings (SSSR count). The zero-order valence-corrected chi connectivity index (χ0v) is 37.0. The number of anilines is 2. The average molecular weight is 947 g/mol. The number of halogens is 12. The van der Waals surface area contributed by atoms with Gasteiger partial charge in [0, 0.05) is 0 Å². The minimum atomic E-state index is -5.28. The SMILES string of the molecule is Cc1cc(C(C)(C)CCC(C)c2cc(C(C)C)c(NS(=O)(=O)c3cc(C(F)(F)F)cc(C(F)(F)F)c3)c(C(C)C)c2)cc(C)c1S(=O)(=O)Nc1cc(C(F)(F)F)cc(C(F)(F)F)c1. The Labute approximate surface area is 358 Å². The van der Waals surface area contributed by atoms with Crippen molar-refractivity contribution in [3.8, 4) is 0 Å². The number of benzene rings is 4. The maximum atomic E-state index is 13.6. The Kier molecular flexibility index (Phi) is 14.2. The number of alkyl halides is 12. The van der Waals surface area contributed by atoms with Crippen LogP contribution < -0.4 is 9.44 Å². The van der Waals surface area contributed by atoms with E-state index in [0.717, 1.165) is 5.56 Å². The predicted octanol–water partition coefficient (Wildman–Crippen LogP) is 14.1. The monoisotopic (exact) mass is 946 g/mol. The Morgan fingerprint density at radius 1 is 0.508 bits per heavy atom. The smallest absolute Gasteiger partial charge is 0.280 e. The van der Waals surface area contributed by atoms with Crippen LogP contribution in [0.3, 0.4) is 0 Å². The first-order valence-electron chi connectivity index (χ1n) is 19.3. The Morgan fingerprint density at radius 2 is 0.889 bits per heavy atom. The summed E-state index contributed by atoms with van der Waals surface area (Å²) in [4.78, 5) is -1.57. The standard InChI is InChI=1S/C43H46F12N2O4S2/c1-22(2)35-14-27(15-36(23(3)4)37(35)57-62(58,59)34-20-31(42(50,51)52)17-32(21-34)43(53,54)55)24(5)10-11-39(8,9)28-12-25(6)38(26(7)13-28)63(60,61)56-33-18-29(40(44,45)46)16-30(19-33)41(47,48)49/h12-24,56-57H,10-11H2,1-9H3. The number of sulfonamides is 2. The second kappa shape index (κ2) is 17.5. The molecule has 6 nitrogen and oxygen atoms in total. The van der Waals surface area contributed by atoms with E-state index >= 15 is 0 Å². The van der Waals surface area contributed by atoms with Gasteiger partial charge in [-0.2, -0.15) is 52.7 Å². The summed E-state index contributed by atoms with van der Waals surface area (Å²) in [6.07, 6.45) is -20.0. The molecule has 20 heteroatoms. The molecule has 0 aromatic heterocycles. The summed E-state index contributed by atoms with van der Waals surface area (Å²) in [5.74, 6) is -0.985. The maximum Gasteiger partial charge on any atom is 0.416 e. The quantitative estimate of drug-likeness (QED) is 0.131. The van der Waals surface area contributed by atoms with Crippen LogP contribution in [0.5, 0.6) is 0 Å². The third-order valence-electron chi connectivity index (χ3n) is 10.7. The molecule has 0 heterocycles. The van der Waals surface area contributed by atoms with Gasteiger partial charge in [0.25, 0.3) is 20.0 Å². The van der Waals surface area contributed by atoms with Crippen LogP contribution in [0.4, 0.5) is 64.1 Å². The van der Waals surface area contributed by atoms with Gasteiger partial charge in [-0.25, -0.2) is 16.8 Å². The number of hydrogen-bond donors (Lipinski definition) is 2. The average Bonchev–Trinajstić information content (AvgIpc) is 3.11. The lowest BCUT2D eigenvalue weighted by Crippen LogP contribution is -2.21. The van der Waals surface area contributed by atoms with Gasteiger partial charge in [0.05, 0.1) is 43.4 Å². The fourth-order valence-electron chi connectivity index (χ4n) is 7.17. The van der Waals surface area contributed by atoms with Gasteiger partial charge in [0.1, 0.15) is 0 Å². The summed E-state index contributed by atoms with van der Waals surface area (Å²) in [7, 11) is -9.72. The highest BCUT2D eigenvalue weighted by atomic mass is 32.2. The molecule has 0 radical (unpaired) electrons. The number of rotatable bonds is 13. The van der Waals surface area contributed by atoms with E-state index in [1.54, 1.807) is 52.0 Å². The summed E-state index contributed by atoms with van der Waals surface area (Å²) in [6.45, 7) is 15.5. The molecule has 1 unspecified atom stereocenters. The molecule has 0 amide bonds. The Bertz CT molecular complexity index is 2460. The van der Waals surface area contributed by atoms with Gasteiger partial charge in [0.15, 0.2) is 0 Å². The van der Waals surface area contributed by atoms with Crippen molar-refractivity contribution in [1.29, 1.82) is 0 Å². The van der Waals surface area contributed by atoms with Crippen LogP contribution in [0.1, 0.15) is 135 Å². The van der Waals surface area contributed by atoms with Crippen LogP contribution in [-0.2, 0) is 50.2 Å². The lowest BCUT2D eigenvalue weighted by Gasteiger charge is -2.29. The van der Waals surface area contributed by atoms with Crippen LogP contribution in [-0.4, -0.2) is 16.8 Å². The van der Waals surface area contributed by atoms with Crippen LogP contribution >= 0.6 is 0 Å². The van der Waals surface area contributed by atoms with Crippen LogP contribution in [0.15, 0.2) is 70.5 Å². The Balaban J connectivity index is 1.65. The molecule has 0 aliphatic carbocycles. The Morgan fingerprint density at radius 3 is 1.25 bits per heavy atom. The highest BCUT2D eigenvalue weighted by Gasteiger charge is 2.40. The normalized spacial score (nSPS) is 14.1. The van der Waals surface area contributed by atoms with Gasteiger partial charge in [0.2, 0.25) is 0 Å². The molecule has 0 fully saturated rings. The van der Waals surface area contributed by atoms with Gasteiger partial charge in [-0.05, 0) is 120 Å². The van der Waals surface area contributed by atoms with Crippen molar-refractivity contribution >= 4 is 31.4 Å². The van der Waals surface area contributed by atoms with Crippen molar-refractivity contribution in [3.63, 3.8) is 0 Å². The van der Waals surface area contributed by atoms with Crippen molar-refractivity contribution in [2.24, 2.45) is 0 Å². The molecule has 0 saturated carbocycles. The van der Waals surface area contributed by atoms with E-state index in [1.807, 2.05) is 25.5 Å².